The lowest BCUT2D eigenvalue weighted by molar-refractivity contribution is -0.138. The third-order valence-electron chi connectivity index (χ3n) is 3.97. The highest BCUT2D eigenvalue weighted by Gasteiger charge is 2.52. The van der Waals surface area contributed by atoms with Crippen molar-refractivity contribution in [2.45, 2.75) is 13.3 Å². The summed E-state index contributed by atoms with van der Waals surface area (Å²) in [7, 11) is 0. The minimum absolute atomic E-state index is 0.326. The molecule has 1 heterocycles. The quantitative estimate of drug-likeness (QED) is 0.780. The summed E-state index contributed by atoms with van der Waals surface area (Å²) in [6.07, 6.45) is 5.44. The van der Waals surface area contributed by atoms with Crippen molar-refractivity contribution in [3.63, 3.8) is 0 Å². The van der Waals surface area contributed by atoms with Crippen molar-refractivity contribution >= 4 is 17.6 Å². The Bertz CT molecular complexity index is 471. The molecule has 2 aliphatic rings. The number of aliphatic carboxylic acids is 1. The summed E-state index contributed by atoms with van der Waals surface area (Å²) < 4.78 is 5.33. The van der Waals surface area contributed by atoms with E-state index in [4.69, 9.17) is 21.4 Å². The molecule has 1 saturated heterocycles. The lowest BCUT2D eigenvalue weighted by atomic mass is 9.62. The molecule has 4 nitrogen and oxygen atoms in total. The van der Waals surface area contributed by atoms with Gasteiger partial charge in [0.1, 0.15) is 0 Å². The average molecular weight is 268 g/mol. The molecule has 96 valence electrons. The van der Waals surface area contributed by atoms with Crippen LogP contribution in [0.4, 0.5) is 0 Å². The predicted molar refractivity (Wildman–Crippen MR) is 65.8 cm³/mol. The molecule has 1 N–H and O–H groups in total. The van der Waals surface area contributed by atoms with Crippen molar-refractivity contribution in [3.05, 3.63) is 23.3 Å². The molecule has 18 heavy (non-hydrogen) atoms. The van der Waals surface area contributed by atoms with Gasteiger partial charge < -0.3 is 9.84 Å². The Morgan fingerprint density at radius 2 is 2.44 bits per heavy atom. The molecule has 1 aliphatic heterocycles. The maximum Gasteiger partial charge on any atom is 0.314 e. The van der Waals surface area contributed by atoms with Crippen molar-refractivity contribution in [3.8, 4) is 6.07 Å². The van der Waals surface area contributed by atoms with E-state index in [1.165, 1.54) is 6.08 Å². The number of halogens is 1. The zero-order valence-electron chi connectivity index (χ0n) is 10.0. The monoisotopic (exact) mass is 267 g/mol. The number of carboxylic acid groups (broad SMARTS) is 1. The first-order chi connectivity index (χ1) is 8.45. The Hall–Kier alpha value is -1.31. The second-order valence-electron chi connectivity index (χ2n) is 4.94. The SMILES string of the molecule is CC1(C2(C#N)CCOC2)C=CC(C(=O)O)C=C1Cl. The van der Waals surface area contributed by atoms with Crippen molar-refractivity contribution in [1.29, 1.82) is 5.26 Å². The highest BCUT2D eigenvalue weighted by molar-refractivity contribution is 6.30. The van der Waals surface area contributed by atoms with Crippen LogP contribution < -0.4 is 0 Å². The Morgan fingerprint density at radius 3 is 2.89 bits per heavy atom. The molecule has 0 aromatic rings. The highest BCUT2D eigenvalue weighted by Crippen LogP contribution is 2.53. The van der Waals surface area contributed by atoms with Crippen LogP contribution in [0.3, 0.4) is 0 Å². The van der Waals surface area contributed by atoms with Crippen molar-refractivity contribution < 1.29 is 14.6 Å². The van der Waals surface area contributed by atoms with Crippen LogP contribution in [0.1, 0.15) is 13.3 Å². The number of rotatable bonds is 2. The standard InChI is InChI=1S/C13H14ClNO3/c1-12(13(7-15)4-5-18-8-13)3-2-9(11(16)17)6-10(12)14/h2-3,6,9H,4-5,8H2,1H3,(H,16,17). The number of carboxylic acids is 1. The number of hydrogen-bond acceptors (Lipinski definition) is 3. The van der Waals surface area contributed by atoms with Crippen molar-refractivity contribution in [2.75, 3.05) is 13.2 Å². The molecular formula is C13H14ClNO3. The Labute approximate surface area is 110 Å². The molecule has 0 aromatic carbocycles. The zero-order valence-corrected chi connectivity index (χ0v) is 10.8. The third-order valence-corrected chi connectivity index (χ3v) is 4.49. The maximum absolute atomic E-state index is 10.9. The fourth-order valence-corrected chi connectivity index (χ4v) is 2.86. The van der Waals surface area contributed by atoms with Gasteiger partial charge in [-0.15, -0.1) is 0 Å². The van der Waals surface area contributed by atoms with E-state index >= 15 is 0 Å². The van der Waals surface area contributed by atoms with Gasteiger partial charge in [-0.25, -0.2) is 0 Å². The van der Waals surface area contributed by atoms with Crippen LogP contribution in [-0.4, -0.2) is 24.3 Å². The second kappa shape index (κ2) is 4.42. The summed E-state index contributed by atoms with van der Waals surface area (Å²) in [6.45, 7) is 2.72. The summed E-state index contributed by atoms with van der Waals surface area (Å²) >= 11 is 6.25. The summed E-state index contributed by atoms with van der Waals surface area (Å²) in [5.74, 6) is -1.66. The predicted octanol–water partition coefficient (Wildman–Crippen LogP) is 2.32. The Balaban J connectivity index is 2.39. The lowest BCUT2D eigenvalue weighted by Crippen LogP contribution is -2.40. The van der Waals surface area contributed by atoms with Gasteiger partial charge >= 0.3 is 5.97 Å². The molecule has 2 rings (SSSR count). The number of allylic oxidation sites excluding steroid dienone is 2. The van der Waals surface area contributed by atoms with E-state index in [0.29, 0.717) is 24.7 Å². The molecule has 3 unspecified atom stereocenters. The number of hydrogen-bond donors (Lipinski definition) is 1. The van der Waals surface area contributed by atoms with Gasteiger partial charge in [0.25, 0.3) is 0 Å². The van der Waals surface area contributed by atoms with E-state index < -0.39 is 22.7 Å². The summed E-state index contributed by atoms with van der Waals surface area (Å²) in [5.41, 5.74) is -1.38. The van der Waals surface area contributed by atoms with Crippen LogP contribution in [0.15, 0.2) is 23.3 Å². The number of nitrogens with zero attached hydrogens (tertiary/aromatic N) is 1. The molecule has 0 bridgehead atoms. The van der Waals surface area contributed by atoms with Crippen LogP contribution in [0, 0.1) is 28.1 Å². The van der Waals surface area contributed by atoms with Gasteiger partial charge in [-0.05, 0) is 13.3 Å². The summed E-state index contributed by atoms with van der Waals surface area (Å²) in [5, 5.41) is 18.8. The summed E-state index contributed by atoms with van der Waals surface area (Å²) in [6, 6.07) is 2.31. The first-order valence-corrected chi connectivity index (χ1v) is 6.12. The number of nitriles is 1. The largest absolute Gasteiger partial charge is 0.481 e. The van der Waals surface area contributed by atoms with E-state index in [1.807, 2.05) is 6.92 Å². The molecule has 3 atom stereocenters. The fraction of sp³-hybridized carbons (Fsp3) is 0.538. The van der Waals surface area contributed by atoms with Gasteiger partial charge in [-0.1, -0.05) is 29.8 Å². The number of ether oxygens (including phenoxy) is 1. The summed E-state index contributed by atoms with van der Waals surface area (Å²) in [4.78, 5) is 10.9. The molecular weight excluding hydrogens is 254 g/mol. The smallest absolute Gasteiger partial charge is 0.314 e. The van der Waals surface area contributed by atoms with E-state index in [1.54, 1.807) is 12.2 Å². The maximum atomic E-state index is 10.9. The first-order valence-electron chi connectivity index (χ1n) is 5.74. The van der Waals surface area contributed by atoms with Gasteiger partial charge in [-0.2, -0.15) is 5.26 Å². The van der Waals surface area contributed by atoms with Crippen LogP contribution in [-0.2, 0) is 9.53 Å². The molecule has 0 saturated carbocycles. The number of carbonyl (C=O) groups is 1. The lowest BCUT2D eigenvalue weighted by Gasteiger charge is -2.40. The van der Waals surface area contributed by atoms with Crippen LogP contribution in [0.25, 0.3) is 0 Å². The van der Waals surface area contributed by atoms with Crippen LogP contribution in [0.5, 0.6) is 0 Å². The fourth-order valence-electron chi connectivity index (χ4n) is 2.48. The topological polar surface area (TPSA) is 70.3 Å². The zero-order chi connectivity index (χ0) is 13.4. The third kappa shape index (κ3) is 1.75. The molecule has 5 heteroatoms. The second-order valence-corrected chi connectivity index (χ2v) is 5.34. The van der Waals surface area contributed by atoms with Gasteiger partial charge in [-0.3, -0.25) is 4.79 Å². The highest BCUT2D eigenvalue weighted by atomic mass is 35.5. The van der Waals surface area contributed by atoms with Gasteiger partial charge in [0.2, 0.25) is 0 Å². The minimum Gasteiger partial charge on any atom is -0.481 e. The van der Waals surface area contributed by atoms with Gasteiger partial charge in [0.05, 0.1) is 24.0 Å². The van der Waals surface area contributed by atoms with Crippen molar-refractivity contribution in [1.82, 2.24) is 0 Å². The molecule has 0 aromatic heterocycles. The van der Waals surface area contributed by atoms with E-state index in [0.717, 1.165) is 0 Å². The van der Waals surface area contributed by atoms with E-state index in [9.17, 15) is 10.1 Å². The van der Waals surface area contributed by atoms with E-state index in [2.05, 4.69) is 6.07 Å². The first kappa shape index (κ1) is 13.1. The molecule has 0 radical (unpaired) electrons. The van der Waals surface area contributed by atoms with Crippen molar-refractivity contribution in [2.24, 2.45) is 16.7 Å². The van der Waals surface area contributed by atoms with E-state index in [-0.39, 0.29) is 0 Å². The van der Waals surface area contributed by atoms with Crippen LogP contribution in [0.2, 0.25) is 0 Å². The van der Waals surface area contributed by atoms with Crippen LogP contribution >= 0.6 is 11.6 Å². The minimum atomic E-state index is -0.944. The van der Waals surface area contributed by atoms with Gasteiger partial charge in [0, 0.05) is 17.1 Å². The average Bonchev–Trinajstić information content (AvgIpc) is 2.82. The molecule has 1 aliphatic carbocycles. The van der Waals surface area contributed by atoms with Gasteiger partial charge in [0.15, 0.2) is 0 Å². The molecule has 0 amide bonds. The Morgan fingerprint density at radius 1 is 1.72 bits per heavy atom. The molecule has 1 fully saturated rings. The Kier molecular flexibility index (Phi) is 3.22. The normalized spacial score (nSPS) is 39.2. The molecule has 0 spiro atoms.